The van der Waals surface area contributed by atoms with Gasteiger partial charge in [0.1, 0.15) is 0 Å². The lowest BCUT2D eigenvalue weighted by Gasteiger charge is -2.20. The van der Waals surface area contributed by atoms with Gasteiger partial charge in [0.25, 0.3) is 0 Å². The van der Waals surface area contributed by atoms with Crippen molar-refractivity contribution < 1.29 is 13.5 Å². The molecule has 0 radical (unpaired) electrons. The van der Waals surface area contributed by atoms with E-state index < -0.39 is 17.1 Å². The standard InChI is InChI=1S/C21H21F2NO2/c1-11-8-12(21(2,3)4)6-7-13(11)15-10-17(25)18-16(24-15)9-14(22)19(23)20(18)26-5/h6-10H,1-5H3,(H,24,25). The van der Waals surface area contributed by atoms with E-state index in [-0.39, 0.29) is 22.1 Å². The summed E-state index contributed by atoms with van der Waals surface area (Å²) in [6.45, 7) is 8.34. The zero-order valence-electron chi connectivity index (χ0n) is 15.5. The molecule has 5 heteroatoms. The predicted octanol–water partition coefficient (Wildman–Crippen LogP) is 5.09. The molecule has 3 rings (SSSR count). The molecule has 0 saturated heterocycles. The molecule has 0 aliphatic rings. The summed E-state index contributed by atoms with van der Waals surface area (Å²) < 4.78 is 32.7. The van der Waals surface area contributed by atoms with Gasteiger partial charge in [0.15, 0.2) is 17.0 Å². The summed E-state index contributed by atoms with van der Waals surface area (Å²) in [5.74, 6) is -2.61. The lowest BCUT2D eigenvalue weighted by Crippen LogP contribution is -2.11. The van der Waals surface area contributed by atoms with E-state index in [4.69, 9.17) is 4.74 Å². The monoisotopic (exact) mass is 357 g/mol. The molecule has 0 aliphatic heterocycles. The van der Waals surface area contributed by atoms with Gasteiger partial charge in [0.2, 0.25) is 5.82 Å². The number of ether oxygens (including phenoxy) is 1. The van der Waals surface area contributed by atoms with Crippen LogP contribution in [-0.4, -0.2) is 12.1 Å². The molecule has 1 aromatic heterocycles. The molecule has 2 aromatic carbocycles. The summed E-state index contributed by atoms with van der Waals surface area (Å²) in [5, 5.41) is -0.000820. The molecule has 0 amide bonds. The quantitative estimate of drug-likeness (QED) is 0.694. The number of aromatic amines is 1. The number of benzene rings is 2. The van der Waals surface area contributed by atoms with Gasteiger partial charge in [0.05, 0.1) is 18.0 Å². The number of hydrogen-bond acceptors (Lipinski definition) is 2. The Kier molecular flexibility index (Phi) is 4.34. The molecule has 136 valence electrons. The van der Waals surface area contributed by atoms with Crippen molar-refractivity contribution in [1.29, 1.82) is 0 Å². The van der Waals surface area contributed by atoms with E-state index in [9.17, 15) is 13.6 Å². The number of nitrogens with one attached hydrogen (secondary N) is 1. The van der Waals surface area contributed by atoms with E-state index in [0.29, 0.717) is 5.69 Å². The van der Waals surface area contributed by atoms with Crippen LogP contribution in [0.1, 0.15) is 31.9 Å². The molecule has 1 N–H and O–H groups in total. The number of pyridine rings is 1. The van der Waals surface area contributed by atoms with Gasteiger partial charge in [-0.25, -0.2) is 4.39 Å². The van der Waals surface area contributed by atoms with Crippen molar-refractivity contribution >= 4 is 10.9 Å². The first kappa shape index (κ1) is 18.1. The van der Waals surface area contributed by atoms with E-state index in [0.717, 1.165) is 17.2 Å². The Morgan fingerprint density at radius 2 is 1.77 bits per heavy atom. The Bertz CT molecular complexity index is 1060. The summed E-state index contributed by atoms with van der Waals surface area (Å²) in [5.41, 5.74) is 3.33. The molecule has 3 aromatic rings. The average molecular weight is 357 g/mol. The number of fused-ring (bicyclic) bond motifs is 1. The van der Waals surface area contributed by atoms with Crippen LogP contribution in [0, 0.1) is 18.6 Å². The zero-order chi connectivity index (χ0) is 19.2. The molecule has 3 nitrogen and oxygen atoms in total. The van der Waals surface area contributed by atoms with Crippen molar-refractivity contribution in [3.8, 4) is 17.0 Å². The van der Waals surface area contributed by atoms with Crippen molar-refractivity contribution in [2.24, 2.45) is 0 Å². The van der Waals surface area contributed by atoms with Crippen LogP contribution < -0.4 is 10.2 Å². The molecule has 0 saturated carbocycles. The van der Waals surface area contributed by atoms with Crippen molar-refractivity contribution in [2.75, 3.05) is 7.11 Å². The summed E-state index contributed by atoms with van der Waals surface area (Å²) in [6, 6.07) is 8.39. The van der Waals surface area contributed by atoms with Crippen LogP contribution in [-0.2, 0) is 5.41 Å². The summed E-state index contributed by atoms with van der Waals surface area (Å²) in [7, 11) is 1.21. The van der Waals surface area contributed by atoms with Gasteiger partial charge < -0.3 is 9.72 Å². The van der Waals surface area contributed by atoms with Crippen molar-refractivity contribution in [3.63, 3.8) is 0 Å². The Balaban J connectivity index is 2.25. The molecule has 0 atom stereocenters. The van der Waals surface area contributed by atoms with Crippen molar-refractivity contribution in [1.82, 2.24) is 4.98 Å². The highest BCUT2D eigenvalue weighted by Gasteiger charge is 2.19. The first-order valence-corrected chi connectivity index (χ1v) is 8.34. The number of H-pyrrole nitrogens is 1. The highest BCUT2D eigenvalue weighted by atomic mass is 19.2. The van der Waals surface area contributed by atoms with Gasteiger partial charge in [-0.2, -0.15) is 4.39 Å². The molecule has 0 fully saturated rings. The molecule has 0 unspecified atom stereocenters. The number of rotatable bonds is 2. The topological polar surface area (TPSA) is 42.1 Å². The molecular formula is C21H21F2NO2. The largest absolute Gasteiger partial charge is 0.493 e. The van der Waals surface area contributed by atoms with Crippen LogP contribution in [0.2, 0.25) is 0 Å². The first-order chi connectivity index (χ1) is 12.1. The lowest BCUT2D eigenvalue weighted by molar-refractivity contribution is 0.377. The second kappa shape index (κ2) is 6.24. The second-order valence-electron chi connectivity index (χ2n) is 7.46. The van der Waals surface area contributed by atoms with Gasteiger partial charge in [-0.3, -0.25) is 4.79 Å². The van der Waals surface area contributed by atoms with Crippen LogP contribution in [0.5, 0.6) is 5.75 Å². The number of hydrogen-bond donors (Lipinski definition) is 1. The maximum atomic E-state index is 13.9. The number of aromatic nitrogens is 1. The van der Waals surface area contributed by atoms with Crippen LogP contribution >= 0.6 is 0 Å². The molecule has 1 heterocycles. The lowest BCUT2D eigenvalue weighted by atomic mass is 9.85. The van der Waals surface area contributed by atoms with Crippen molar-refractivity contribution in [3.05, 3.63) is 63.3 Å². The molecule has 0 aliphatic carbocycles. The molecule has 0 bridgehead atoms. The maximum absolute atomic E-state index is 13.9. The zero-order valence-corrected chi connectivity index (χ0v) is 15.5. The fourth-order valence-electron chi connectivity index (χ4n) is 3.10. The fourth-order valence-corrected chi connectivity index (χ4v) is 3.10. The fraction of sp³-hybridized carbons (Fsp3) is 0.286. The van der Waals surface area contributed by atoms with Gasteiger partial charge in [-0.1, -0.05) is 39.0 Å². The van der Waals surface area contributed by atoms with Crippen LogP contribution in [0.3, 0.4) is 0 Å². The Hall–Kier alpha value is -2.69. The van der Waals surface area contributed by atoms with E-state index in [2.05, 4.69) is 31.8 Å². The third kappa shape index (κ3) is 2.98. The summed E-state index contributed by atoms with van der Waals surface area (Å²) in [6.07, 6.45) is 0. The van der Waals surface area contributed by atoms with Gasteiger partial charge in [-0.05, 0) is 23.5 Å². The van der Waals surface area contributed by atoms with Gasteiger partial charge in [-0.15, -0.1) is 0 Å². The minimum Gasteiger partial charge on any atom is -0.493 e. The van der Waals surface area contributed by atoms with E-state index >= 15 is 0 Å². The highest BCUT2D eigenvalue weighted by Crippen LogP contribution is 2.31. The smallest absolute Gasteiger partial charge is 0.201 e. The highest BCUT2D eigenvalue weighted by molar-refractivity contribution is 5.87. The first-order valence-electron chi connectivity index (χ1n) is 8.34. The Morgan fingerprint density at radius 1 is 1.08 bits per heavy atom. The predicted molar refractivity (Wildman–Crippen MR) is 99.9 cm³/mol. The Morgan fingerprint density at radius 3 is 2.35 bits per heavy atom. The average Bonchev–Trinajstić information content (AvgIpc) is 2.55. The third-order valence-electron chi connectivity index (χ3n) is 4.55. The maximum Gasteiger partial charge on any atom is 0.201 e. The van der Waals surface area contributed by atoms with Crippen molar-refractivity contribution in [2.45, 2.75) is 33.1 Å². The van der Waals surface area contributed by atoms with Gasteiger partial charge >= 0.3 is 0 Å². The van der Waals surface area contributed by atoms with Crippen LogP contribution in [0.25, 0.3) is 22.2 Å². The SMILES string of the molecule is COc1c(F)c(F)cc2[nH]c(-c3ccc(C(C)(C)C)cc3C)cc(=O)c12. The van der Waals surface area contributed by atoms with Crippen LogP contribution in [0.15, 0.2) is 35.1 Å². The van der Waals surface area contributed by atoms with E-state index in [1.165, 1.54) is 18.7 Å². The number of methoxy groups -OCH3 is 1. The molecule has 26 heavy (non-hydrogen) atoms. The normalized spacial score (nSPS) is 11.8. The number of aryl methyl sites for hydroxylation is 1. The third-order valence-corrected chi connectivity index (χ3v) is 4.55. The van der Waals surface area contributed by atoms with E-state index in [1.807, 2.05) is 19.1 Å². The summed E-state index contributed by atoms with van der Waals surface area (Å²) in [4.78, 5) is 15.6. The molecular weight excluding hydrogens is 336 g/mol. The minimum atomic E-state index is -1.16. The minimum absolute atomic E-state index is 0.000820. The van der Waals surface area contributed by atoms with Gasteiger partial charge in [0, 0.05) is 23.4 Å². The Labute approximate surface area is 150 Å². The van der Waals surface area contributed by atoms with E-state index in [1.54, 1.807) is 0 Å². The number of halogens is 2. The van der Waals surface area contributed by atoms with Crippen LogP contribution in [0.4, 0.5) is 8.78 Å². The second-order valence-corrected chi connectivity index (χ2v) is 7.46. The molecule has 0 spiro atoms. The summed E-state index contributed by atoms with van der Waals surface area (Å²) >= 11 is 0.